The molecule has 0 spiro atoms. The van der Waals surface area contributed by atoms with Crippen LogP contribution in [0.2, 0.25) is 0 Å². The summed E-state index contributed by atoms with van der Waals surface area (Å²) in [5.41, 5.74) is 1.29. The molecular formula is C18H30O3. The molecule has 3 heteroatoms. The van der Waals surface area contributed by atoms with Crippen LogP contribution in [-0.2, 0) is 14.3 Å². The van der Waals surface area contributed by atoms with Crippen LogP contribution < -0.4 is 0 Å². The molecule has 21 heavy (non-hydrogen) atoms. The number of benzene rings is 1. The second-order valence-electron chi connectivity index (χ2n) is 5.06. The summed E-state index contributed by atoms with van der Waals surface area (Å²) in [6, 6.07) is 10.5. The van der Waals surface area contributed by atoms with E-state index in [0.717, 1.165) is 5.92 Å². The van der Waals surface area contributed by atoms with Crippen molar-refractivity contribution in [3.05, 3.63) is 35.9 Å². The summed E-state index contributed by atoms with van der Waals surface area (Å²) < 4.78 is 9.93. The second kappa shape index (κ2) is 12.4. The molecule has 0 aliphatic heterocycles. The minimum Gasteiger partial charge on any atom is -0.471 e. The van der Waals surface area contributed by atoms with Gasteiger partial charge in [-0.15, -0.1) is 0 Å². The zero-order valence-electron chi connectivity index (χ0n) is 14.0. The van der Waals surface area contributed by atoms with Crippen LogP contribution in [0.1, 0.15) is 58.6 Å². The van der Waals surface area contributed by atoms with Gasteiger partial charge in [0.25, 0.3) is 6.47 Å². The van der Waals surface area contributed by atoms with Crippen molar-refractivity contribution in [2.24, 2.45) is 5.92 Å². The third-order valence-corrected chi connectivity index (χ3v) is 3.41. The third kappa shape index (κ3) is 8.51. The second-order valence-corrected chi connectivity index (χ2v) is 5.06. The smallest absolute Gasteiger partial charge is 0.292 e. The van der Waals surface area contributed by atoms with Gasteiger partial charge in [-0.2, -0.15) is 0 Å². The van der Waals surface area contributed by atoms with E-state index in [-0.39, 0.29) is 6.10 Å². The Kier molecular flexibility index (Phi) is 11.6. The molecule has 0 aromatic heterocycles. The van der Waals surface area contributed by atoms with Crippen LogP contribution in [0.15, 0.2) is 30.3 Å². The SMILES string of the molecule is CC.CC1CC[C@H](OC(C)c2ccccc2)C1.COC=O. The highest BCUT2D eigenvalue weighted by atomic mass is 16.5. The van der Waals surface area contributed by atoms with Gasteiger partial charge in [-0.3, -0.25) is 4.79 Å². The van der Waals surface area contributed by atoms with Crippen LogP contribution in [0.5, 0.6) is 0 Å². The van der Waals surface area contributed by atoms with Crippen molar-refractivity contribution in [1.82, 2.24) is 0 Å². The van der Waals surface area contributed by atoms with Crippen LogP contribution in [0.3, 0.4) is 0 Å². The highest BCUT2D eigenvalue weighted by Crippen LogP contribution is 2.31. The Balaban J connectivity index is 0.000000579. The summed E-state index contributed by atoms with van der Waals surface area (Å²) in [5, 5.41) is 0. The summed E-state index contributed by atoms with van der Waals surface area (Å²) in [7, 11) is 1.31. The van der Waals surface area contributed by atoms with E-state index in [2.05, 4.69) is 42.8 Å². The lowest BCUT2D eigenvalue weighted by Gasteiger charge is -2.18. The fourth-order valence-electron chi connectivity index (χ4n) is 2.37. The zero-order chi connectivity index (χ0) is 16.1. The maximum absolute atomic E-state index is 8.95. The van der Waals surface area contributed by atoms with Crippen molar-refractivity contribution in [2.75, 3.05) is 7.11 Å². The first-order valence-electron chi connectivity index (χ1n) is 7.84. The van der Waals surface area contributed by atoms with Gasteiger partial charge >= 0.3 is 0 Å². The highest BCUT2D eigenvalue weighted by Gasteiger charge is 2.23. The summed E-state index contributed by atoms with van der Waals surface area (Å²) in [6.07, 6.45) is 4.51. The van der Waals surface area contributed by atoms with E-state index < -0.39 is 0 Å². The lowest BCUT2D eigenvalue weighted by atomic mass is 10.1. The predicted molar refractivity (Wildman–Crippen MR) is 87.2 cm³/mol. The number of hydrogen-bond donors (Lipinski definition) is 0. The van der Waals surface area contributed by atoms with Gasteiger partial charge in [0.2, 0.25) is 0 Å². The molecule has 120 valence electrons. The lowest BCUT2D eigenvalue weighted by Crippen LogP contribution is -2.11. The van der Waals surface area contributed by atoms with Crippen LogP contribution in [0, 0.1) is 5.92 Å². The molecule has 2 unspecified atom stereocenters. The molecule has 1 aliphatic carbocycles. The van der Waals surface area contributed by atoms with Crippen molar-refractivity contribution in [3.8, 4) is 0 Å². The normalized spacial score (nSPS) is 21.2. The van der Waals surface area contributed by atoms with Crippen LogP contribution in [0.25, 0.3) is 0 Å². The molecule has 1 aliphatic rings. The first kappa shape index (κ1) is 19.7. The van der Waals surface area contributed by atoms with E-state index in [9.17, 15) is 0 Å². The molecule has 0 radical (unpaired) electrons. The molecule has 1 aromatic rings. The van der Waals surface area contributed by atoms with E-state index >= 15 is 0 Å². The molecule has 2 rings (SSSR count). The number of carbonyl (C=O) groups excluding carboxylic acids is 1. The van der Waals surface area contributed by atoms with Gasteiger partial charge in [-0.25, -0.2) is 0 Å². The van der Waals surface area contributed by atoms with Crippen molar-refractivity contribution in [2.45, 2.75) is 59.2 Å². The lowest BCUT2D eigenvalue weighted by molar-refractivity contribution is -0.126. The quantitative estimate of drug-likeness (QED) is 0.750. The summed E-state index contributed by atoms with van der Waals surface area (Å²) in [6.45, 7) is 8.84. The van der Waals surface area contributed by atoms with Crippen molar-refractivity contribution < 1.29 is 14.3 Å². The Morgan fingerprint density at radius 1 is 1.19 bits per heavy atom. The van der Waals surface area contributed by atoms with Crippen molar-refractivity contribution in [1.29, 1.82) is 0 Å². The highest BCUT2D eigenvalue weighted by molar-refractivity contribution is 5.36. The molecule has 0 N–H and O–H groups in total. The molecule has 1 fully saturated rings. The van der Waals surface area contributed by atoms with E-state index in [4.69, 9.17) is 9.53 Å². The molecule has 1 aromatic carbocycles. The molecule has 0 saturated heterocycles. The largest absolute Gasteiger partial charge is 0.471 e. The average molecular weight is 294 g/mol. The molecule has 3 atom stereocenters. The summed E-state index contributed by atoms with van der Waals surface area (Å²) in [4.78, 5) is 8.95. The minimum absolute atomic E-state index is 0.237. The van der Waals surface area contributed by atoms with Gasteiger partial charge in [0.05, 0.1) is 19.3 Å². The Hall–Kier alpha value is -1.35. The Morgan fingerprint density at radius 3 is 2.19 bits per heavy atom. The van der Waals surface area contributed by atoms with Gasteiger partial charge in [0, 0.05) is 0 Å². The molecule has 0 amide bonds. The standard InChI is InChI=1S/C14H20O.C2H4O2.C2H6/c1-11-8-9-14(10-11)15-12(2)13-6-4-3-5-7-13;1-4-2-3;1-2/h3-7,11-12,14H,8-10H2,1-2H3;2H,1H3;1-2H3/t11?,12?,14-;;/m0../s1. The Bertz CT molecular complexity index is 351. The Morgan fingerprint density at radius 2 is 1.76 bits per heavy atom. The van der Waals surface area contributed by atoms with Crippen molar-refractivity contribution >= 4 is 6.47 Å². The van der Waals surface area contributed by atoms with Crippen LogP contribution in [-0.4, -0.2) is 19.7 Å². The topological polar surface area (TPSA) is 35.5 Å². The van der Waals surface area contributed by atoms with Gasteiger partial charge in [0.15, 0.2) is 0 Å². The average Bonchev–Trinajstić information content (AvgIpc) is 2.95. The third-order valence-electron chi connectivity index (χ3n) is 3.41. The van der Waals surface area contributed by atoms with Gasteiger partial charge in [-0.05, 0) is 37.7 Å². The van der Waals surface area contributed by atoms with E-state index in [1.165, 1.54) is 31.9 Å². The van der Waals surface area contributed by atoms with E-state index in [1.807, 2.05) is 19.9 Å². The number of methoxy groups -OCH3 is 1. The number of carbonyl (C=O) groups is 1. The zero-order valence-corrected chi connectivity index (χ0v) is 14.0. The van der Waals surface area contributed by atoms with Crippen molar-refractivity contribution in [3.63, 3.8) is 0 Å². The van der Waals surface area contributed by atoms with Gasteiger partial charge in [-0.1, -0.05) is 51.1 Å². The number of rotatable bonds is 4. The molecular weight excluding hydrogens is 264 g/mol. The fraction of sp³-hybridized carbons (Fsp3) is 0.611. The van der Waals surface area contributed by atoms with E-state index in [1.54, 1.807) is 0 Å². The molecule has 0 bridgehead atoms. The van der Waals surface area contributed by atoms with Gasteiger partial charge in [0.1, 0.15) is 0 Å². The number of hydrogen-bond acceptors (Lipinski definition) is 3. The van der Waals surface area contributed by atoms with Gasteiger partial charge < -0.3 is 9.47 Å². The first-order valence-corrected chi connectivity index (χ1v) is 7.84. The maximum Gasteiger partial charge on any atom is 0.292 e. The maximum atomic E-state index is 8.95. The minimum atomic E-state index is 0.237. The Labute approximate surface area is 129 Å². The van der Waals surface area contributed by atoms with Crippen LogP contribution in [0.4, 0.5) is 0 Å². The monoisotopic (exact) mass is 294 g/mol. The van der Waals surface area contributed by atoms with E-state index in [0.29, 0.717) is 12.6 Å². The molecule has 1 saturated carbocycles. The first-order chi connectivity index (χ1) is 10.2. The fourth-order valence-corrected chi connectivity index (χ4v) is 2.37. The molecule has 3 nitrogen and oxygen atoms in total. The summed E-state index contributed by atoms with van der Waals surface area (Å²) in [5.74, 6) is 0.845. The molecule has 0 heterocycles. The number of ether oxygens (including phenoxy) is 2. The predicted octanol–water partition coefficient (Wildman–Crippen LogP) is 4.77. The summed E-state index contributed by atoms with van der Waals surface area (Å²) >= 11 is 0. The van der Waals surface area contributed by atoms with Crippen LogP contribution >= 0.6 is 0 Å².